The molecule has 2 unspecified atom stereocenters. The number of ether oxygens (including phenoxy) is 2. The predicted molar refractivity (Wildman–Crippen MR) is 110 cm³/mol. The first-order valence-corrected chi connectivity index (χ1v) is 10.8. The molecule has 0 fully saturated rings. The van der Waals surface area contributed by atoms with E-state index in [0.717, 1.165) is 0 Å². The maximum absolute atomic E-state index is 13.2. The van der Waals surface area contributed by atoms with Crippen LogP contribution < -0.4 is 15.9 Å². The molecular formula is C19H26N3O7P. The number of hydrogen-bond acceptors (Lipinski definition) is 9. The molecule has 2 aromatic rings. The van der Waals surface area contributed by atoms with Gasteiger partial charge in [-0.2, -0.15) is 4.98 Å². The van der Waals surface area contributed by atoms with Gasteiger partial charge in [-0.05, 0) is 45.9 Å². The number of nitrogens with zero attached hydrogens (tertiary/aromatic N) is 2. The van der Waals surface area contributed by atoms with Gasteiger partial charge in [-0.15, -0.1) is 0 Å². The number of nitrogen functional groups attached to an aromatic ring is 1. The molecule has 30 heavy (non-hydrogen) atoms. The van der Waals surface area contributed by atoms with Gasteiger partial charge in [0.25, 0.3) is 0 Å². The standard InChI is InChI=1S/C19H26N3O7P/c1-14(22-11-10-16(20)21-18(22)24)27-13-30(25,29-15-8-6-5-7-9-15)28-12-26-17(23)19(2,3)4/h5-11,14H,12-13H2,1-4H3,(H2,20,21,24). The van der Waals surface area contributed by atoms with E-state index in [4.69, 9.17) is 24.3 Å². The van der Waals surface area contributed by atoms with E-state index >= 15 is 0 Å². The Bertz CT molecular complexity index is 957. The summed E-state index contributed by atoms with van der Waals surface area (Å²) >= 11 is 0. The number of aromatic nitrogens is 2. The fourth-order valence-corrected chi connectivity index (χ4v) is 3.33. The van der Waals surface area contributed by atoms with Gasteiger partial charge < -0.3 is 19.7 Å². The summed E-state index contributed by atoms with van der Waals surface area (Å²) in [4.78, 5) is 27.5. The van der Waals surface area contributed by atoms with Crippen molar-refractivity contribution in [1.29, 1.82) is 0 Å². The van der Waals surface area contributed by atoms with Crippen molar-refractivity contribution in [3.05, 3.63) is 53.1 Å². The number of anilines is 1. The molecule has 2 rings (SSSR count). The van der Waals surface area contributed by atoms with Gasteiger partial charge in [-0.1, -0.05) is 18.2 Å². The number of benzene rings is 1. The average Bonchev–Trinajstić information content (AvgIpc) is 2.66. The zero-order valence-corrected chi connectivity index (χ0v) is 18.2. The van der Waals surface area contributed by atoms with Crippen molar-refractivity contribution in [2.24, 2.45) is 5.41 Å². The van der Waals surface area contributed by atoms with E-state index in [0.29, 0.717) is 0 Å². The van der Waals surface area contributed by atoms with Gasteiger partial charge in [0.1, 0.15) is 17.8 Å². The van der Waals surface area contributed by atoms with Crippen molar-refractivity contribution in [1.82, 2.24) is 9.55 Å². The van der Waals surface area contributed by atoms with Crippen LogP contribution in [0.5, 0.6) is 5.75 Å². The first-order chi connectivity index (χ1) is 14.0. The minimum Gasteiger partial charge on any atom is -0.438 e. The molecule has 164 valence electrons. The molecule has 1 aromatic carbocycles. The topological polar surface area (TPSA) is 132 Å². The molecule has 10 nitrogen and oxygen atoms in total. The van der Waals surface area contributed by atoms with Crippen molar-refractivity contribution in [2.45, 2.75) is 33.9 Å². The molecule has 0 bridgehead atoms. The van der Waals surface area contributed by atoms with E-state index in [1.54, 1.807) is 58.0 Å². The van der Waals surface area contributed by atoms with Gasteiger partial charge >= 0.3 is 19.3 Å². The summed E-state index contributed by atoms with van der Waals surface area (Å²) in [5.74, 6) is -0.168. The predicted octanol–water partition coefficient (Wildman–Crippen LogP) is 3.15. The summed E-state index contributed by atoms with van der Waals surface area (Å²) in [6.45, 7) is 6.02. The van der Waals surface area contributed by atoms with Gasteiger partial charge in [-0.25, -0.2) is 9.36 Å². The van der Waals surface area contributed by atoms with Crippen LogP contribution >= 0.6 is 7.60 Å². The van der Waals surface area contributed by atoms with Crippen LogP contribution in [-0.2, 0) is 23.4 Å². The molecule has 1 heterocycles. The third kappa shape index (κ3) is 6.98. The van der Waals surface area contributed by atoms with E-state index in [1.807, 2.05) is 0 Å². The highest BCUT2D eigenvalue weighted by Gasteiger charge is 2.30. The molecule has 0 radical (unpaired) electrons. The zero-order valence-electron chi connectivity index (χ0n) is 17.3. The normalized spacial score (nSPS) is 14.5. The van der Waals surface area contributed by atoms with E-state index in [9.17, 15) is 14.2 Å². The zero-order chi connectivity index (χ0) is 22.4. The molecule has 0 saturated carbocycles. The lowest BCUT2D eigenvalue weighted by Crippen LogP contribution is -2.28. The van der Waals surface area contributed by atoms with Gasteiger partial charge in [0, 0.05) is 6.20 Å². The molecule has 2 N–H and O–H groups in total. The van der Waals surface area contributed by atoms with Crippen LogP contribution in [0.3, 0.4) is 0 Å². The minimum atomic E-state index is -3.91. The molecule has 1 aromatic heterocycles. The molecule has 0 aliphatic heterocycles. The number of carbonyl (C=O) groups is 1. The summed E-state index contributed by atoms with van der Waals surface area (Å²) in [5, 5.41) is 0. The van der Waals surface area contributed by atoms with Gasteiger partial charge in [0.05, 0.1) is 5.41 Å². The van der Waals surface area contributed by atoms with Crippen LogP contribution in [0.4, 0.5) is 5.82 Å². The van der Waals surface area contributed by atoms with Crippen molar-refractivity contribution in [3.63, 3.8) is 0 Å². The number of carbonyl (C=O) groups excluding carboxylic acids is 1. The van der Waals surface area contributed by atoms with Crippen molar-refractivity contribution in [2.75, 3.05) is 18.9 Å². The first-order valence-electron chi connectivity index (χ1n) is 9.12. The molecule has 0 saturated heterocycles. The number of hydrogen-bond donors (Lipinski definition) is 1. The van der Waals surface area contributed by atoms with E-state index in [-0.39, 0.29) is 11.6 Å². The van der Waals surface area contributed by atoms with Crippen LogP contribution in [-0.4, -0.2) is 28.7 Å². The molecule has 11 heteroatoms. The summed E-state index contributed by atoms with van der Waals surface area (Å²) in [5.41, 5.74) is 4.10. The summed E-state index contributed by atoms with van der Waals surface area (Å²) in [7, 11) is -3.91. The Balaban J connectivity index is 2.09. The number of esters is 1. The Labute approximate surface area is 174 Å². The highest BCUT2D eigenvalue weighted by atomic mass is 31.2. The Morgan fingerprint density at radius 2 is 1.90 bits per heavy atom. The third-order valence-corrected chi connectivity index (χ3v) is 5.21. The van der Waals surface area contributed by atoms with E-state index < -0.39 is 44.0 Å². The Morgan fingerprint density at radius 3 is 2.50 bits per heavy atom. The second kappa shape index (κ2) is 9.88. The lowest BCUT2D eigenvalue weighted by molar-refractivity contribution is -0.160. The molecule has 0 aliphatic carbocycles. The third-order valence-electron chi connectivity index (χ3n) is 3.76. The molecule has 0 spiro atoms. The SMILES string of the molecule is CC(OCP(=O)(OCOC(=O)C(C)(C)C)Oc1ccccc1)n1ccc(N)nc1=O. The number of rotatable bonds is 9. The molecular weight excluding hydrogens is 413 g/mol. The summed E-state index contributed by atoms with van der Waals surface area (Å²) in [6.07, 6.45) is 0.0658. The highest BCUT2D eigenvalue weighted by Crippen LogP contribution is 2.49. The number of nitrogens with two attached hydrogens (primary N) is 1. The van der Waals surface area contributed by atoms with E-state index in [2.05, 4.69) is 4.98 Å². The Kier molecular flexibility index (Phi) is 7.77. The van der Waals surface area contributed by atoms with Gasteiger partial charge in [-0.3, -0.25) is 13.9 Å². The van der Waals surface area contributed by atoms with Crippen LogP contribution in [0.2, 0.25) is 0 Å². The van der Waals surface area contributed by atoms with Gasteiger partial charge in [0.2, 0.25) is 6.79 Å². The summed E-state index contributed by atoms with van der Waals surface area (Å²) in [6, 6.07) is 9.78. The van der Waals surface area contributed by atoms with Crippen LogP contribution in [0.15, 0.2) is 47.4 Å². The second-order valence-electron chi connectivity index (χ2n) is 7.38. The monoisotopic (exact) mass is 439 g/mol. The molecule has 0 amide bonds. The fourth-order valence-electron chi connectivity index (χ4n) is 2.09. The smallest absolute Gasteiger partial charge is 0.407 e. The second-order valence-corrected chi connectivity index (χ2v) is 9.30. The lowest BCUT2D eigenvalue weighted by atomic mass is 9.98. The average molecular weight is 439 g/mol. The Hall–Kier alpha value is -2.68. The van der Waals surface area contributed by atoms with Crippen LogP contribution in [0, 0.1) is 5.41 Å². The quantitative estimate of drug-likeness (QED) is 0.355. The van der Waals surface area contributed by atoms with Crippen LogP contribution in [0.25, 0.3) is 0 Å². The molecule has 2 atom stereocenters. The van der Waals surface area contributed by atoms with Gasteiger partial charge in [0.15, 0.2) is 6.35 Å². The van der Waals surface area contributed by atoms with Crippen LogP contribution in [0.1, 0.15) is 33.9 Å². The van der Waals surface area contributed by atoms with Crippen molar-refractivity contribution < 1.29 is 27.9 Å². The van der Waals surface area contributed by atoms with E-state index in [1.165, 1.54) is 16.8 Å². The van der Waals surface area contributed by atoms with Crippen molar-refractivity contribution in [3.8, 4) is 5.75 Å². The van der Waals surface area contributed by atoms with Crippen molar-refractivity contribution >= 4 is 19.4 Å². The Morgan fingerprint density at radius 1 is 1.23 bits per heavy atom. The maximum atomic E-state index is 13.2. The minimum absolute atomic E-state index is 0.0746. The molecule has 0 aliphatic rings. The first kappa shape index (κ1) is 23.6. The number of para-hydroxylation sites is 1. The fraction of sp³-hybridized carbons (Fsp3) is 0.421. The maximum Gasteiger partial charge on any atom is 0.407 e. The lowest BCUT2D eigenvalue weighted by Gasteiger charge is -2.23. The highest BCUT2D eigenvalue weighted by molar-refractivity contribution is 7.54. The summed E-state index contributed by atoms with van der Waals surface area (Å²) < 4.78 is 35.7. The largest absolute Gasteiger partial charge is 0.438 e.